The number of para-hydroxylation sites is 1. The molecule has 2 fully saturated rings. The number of hydrogen-bond donors (Lipinski definition) is 1. The third-order valence-electron chi connectivity index (χ3n) is 7.73. The van der Waals surface area contributed by atoms with Crippen LogP contribution >= 0.6 is 0 Å². The van der Waals surface area contributed by atoms with E-state index >= 15 is 0 Å². The van der Waals surface area contributed by atoms with Gasteiger partial charge in [0.2, 0.25) is 5.91 Å². The van der Waals surface area contributed by atoms with E-state index in [4.69, 9.17) is 9.47 Å². The number of benzene rings is 1. The smallest absolute Gasteiger partial charge is 0.256 e. The monoisotopic (exact) mass is 472 g/mol. The summed E-state index contributed by atoms with van der Waals surface area (Å²) in [6.07, 6.45) is 7.75. The Morgan fingerprint density at radius 3 is 2.59 bits per heavy atom. The van der Waals surface area contributed by atoms with E-state index in [1.807, 2.05) is 25.1 Å². The van der Waals surface area contributed by atoms with E-state index in [1.165, 1.54) is 5.56 Å². The molecule has 2 heterocycles. The summed E-state index contributed by atoms with van der Waals surface area (Å²) < 4.78 is 12.3. The fourth-order valence-electron chi connectivity index (χ4n) is 5.70. The van der Waals surface area contributed by atoms with E-state index in [-0.39, 0.29) is 24.8 Å². The number of aryl methyl sites for hydroxylation is 1. The lowest BCUT2D eigenvalue weighted by molar-refractivity contribution is -0.178. The van der Waals surface area contributed by atoms with E-state index in [1.54, 1.807) is 9.80 Å². The molecule has 2 aliphatic heterocycles. The Hall–Kier alpha value is -2.12. The maximum atomic E-state index is 13.8. The van der Waals surface area contributed by atoms with Crippen molar-refractivity contribution in [1.29, 1.82) is 0 Å². The second-order valence-corrected chi connectivity index (χ2v) is 10.2. The molecule has 0 radical (unpaired) electrons. The van der Waals surface area contributed by atoms with Crippen LogP contribution in [0.25, 0.3) is 0 Å². The van der Waals surface area contributed by atoms with Crippen molar-refractivity contribution in [3.63, 3.8) is 0 Å². The summed E-state index contributed by atoms with van der Waals surface area (Å²) in [6, 6.07) is 8.11. The van der Waals surface area contributed by atoms with Crippen molar-refractivity contribution in [2.45, 2.75) is 82.3 Å². The number of aliphatic hydroxyl groups is 1. The van der Waals surface area contributed by atoms with Crippen LogP contribution in [0.15, 0.2) is 24.3 Å². The average Bonchev–Trinajstić information content (AvgIpc) is 2.84. The molecular weight excluding hydrogens is 432 g/mol. The second kappa shape index (κ2) is 11.1. The Bertz CT molecular complexity index is 853. The van der Waals surface area contributed by atoms with Gasteiger partial charge in [-0.05, 0) is 57.1 Å². The number of hydrogen-bond acceptors (Lipinski definition) is 5. The topological polar surface area (TPSA) is 79.3 Å². The lowest BCUT2D eigenvalue weighted by atomic mass is 9.82. The zero-order chi connectivity index (χ0) is 24.0. The van der Waals surface area contributed by atoms with Crippen LogP contribution in [0.1, 0.15) is 70.3 Å². The van der Waals surface area contributed by atoms with Crippen LogP contribution < -0.4 is 4.74 Å². The highest BCUT2D eigenvalue weighted by Crippen LogP contribution is 2.33. The maximum Gasteiger partial charge on any atom is 0.256 e. The third kappa shape index (κ3) is 5.74. The largest absolute Gasteiger partial charge is 0.491 e. The fraction of sp³-hybridized carbons (Fsp3) is 0.704. The normalized spacial score (nSPS) is 26.2. The van der Waals surface area contributed by atoms with Crippen molar-refractivity contribution in [3.05, 3.63) is 29.8 Å². The van der Waals surface area contributed by atoms with Gasteiger partial charge in [0, 0.05) is 13.1 Å². The van der Waals surface area contributed by atoms with Crippen molar-refractivity contribution in [2.24, 2.45) is 0 Å². The van der Waals surface area contributed by atoms with Crippen molar-refractivity contribution in [1.82, 2.24) is 9.80 Å². The van der Waals surface area contributed by atoms with Gasteiger partial charge in [0.25, 0.3) is 5.91 Å². The highest BCUT2D eigenvalue weighted by Gasteiger charge is 2.47. The first-order chi connectivity index (χ1) is 16.4. The van der Waals surface area contributed by atoms with E-state index in [9.17, 15) is 14.7 Å². The van der Waals surface area contributed by atoms with E-state index < -0.39 is 11.2 Å². The van der Waals surface area contributed by atoms with Gasteiger partial charge in [0.05, 0.1) is 31.7 Å². The van der Waals surface area contributed by atoms with Crippen LogP contribution in [-0.2, 0) is 20.7 Å². The molecule has 3 aliphatic rings. The minimum absolute atomic E-state index is 0.0543. The van der Waals surface area contributed by atoms with Gasteiger partial charge in [-0.3, -0.25) is 9.59 Å². The lowest BCUT2D eigenvalue weighted by Crippen LogP contribution is -2.62. The molecule has 7 nitrogen and oxygen atoms in total. The fourth-order valence-corrected chi connectivity index (χ4v) is 5.70. The van der Waals surface area contributed by atoms with Gasteiger partial charge in [-0.15, -0.1) is 0 Å². The minimum atomic E-state index is -1.03. The zero-order valence-electron chi connectivity index (χ0n) is 20.6. The molecule has 34 heavy (non-hydrogen) atoms. The van der Waals surface area contributed by atoms with Crippen LogP contribution in [0.3, 0.4) is 0 Å². The summed E-state index contributed by atoms with van der Waals surface area (Å²) in [6.45, 7) is 4.48. The average molecular weight is 473 g/mol. The molecule has 1 saturated carbocycles. The molecule has 1 unspecified atom stereocenters. The van der Waals surface area contributed by atoms with Crippen molar-refractivity contribution < 1.29 is 24.2 Å². The maximum absolute atomic E-state index is 13.8. The summed E-state index contributed by atoms with van der Waals surface area (Å²) in [5, 5.41) is 10.9. The summed E-state index contributed by atoms with van der Waals surface area (Å²) in [4.78, 5) is 30.6. The van der Waals surface area contributed by atoms with Gasteiger partial charge >= 0.3 is 0 Å². The molecule has 0 aromatic heterocycles. The van der Waals surface area contributed by atoms with Gasteiger partial charge in [-0.1, -0.05) is 37.5 Å². The Labute approximate surface area is 203 Å². The highest BCUT2D eigenvalue weighted by molar-refractivity contribution is 5.87. The van der Waals surface area contributed by atoms with E-state index in [0.29, 0.717) is 52.1 Å². The predicted molar refractivity (Wildman–Crippen MR) is 130 cm³/mol. The molecule has 1 spiro atoms. The molecule has 1 N–H and O–H groups in total. The molecule has 7 heteroatoms. The van der Waals surface area contributed by atoms with Crippen LogP contribution in [-0.4, -0.2) is 77.3 Å². The predicted octanol–water partition coefficient (Wildman–Crippen LogP) is 3.32. The number of amides is 2. The molecule has 1 aliphatic carbocycles. The first kappa shape index (κ1) is 25.0. The van der Waals surface area contributed by atoms with Gasteiger partial charge in [-0.2, -0.15) is 0 Å². The first-order valence-electron chi connectivity index (χ1n) is 13.1. The minimum Gasteiger partial charge on any atom is -0.491 e. The number of carbonyl (C=O) groups excluding carboxylic acids is 2. The summed E-state index contributed by atoms with van der Waals surface area (Å²) in [7, 11) is 0. The van der Waals surface area contributed by atoms with Crippen LogP contribution in [0.5, 0.6) is 5.75 Å². The van der Waals surface area contributed by atoms with Gasteiger partial charge in [0.1, 0.15) is 12.4 Å². The molecule has 1 aromatic carbocycles. The number of likely N-dealkylation sites (N-methyl/N-ethyl adjacent to an activating group) is 1. The SMILES string of the molecule is CCN1CCOc2ccccc2CCCCC2(CN(C(=O)CC3(O)CCCCC3)CCO2)C1=O. The highest BCUT2D eigenvalue weighted by atomic mass is 16.5. The van der Waals surface area contributed by atoms with Crippen molar-refractivity contribution in [2.75, 3.05) is 39.4 Å². The van der Waals surface area contributed by atoms with Crippen LogP contribution in [0, 0.1) is 0 Å². The molecule has 1 saturated heterocycles. The number of carbonyl (C=O) groups is 2. The molecule has 1 atom stereocenters. The van der Waals surface area contributed by atoms with Crippen LogP contribution in [0.4, 0.5) is 0 Å². The molecule has 4 rings (SSSR count). The summed E-state index contributed by atoms with van der Waals surface area (Å²) >= 11 is 0. The number of rotatable bonds is 3. The molecule has 0 bridgehead atoms. The molecule has 188 valence electrons. The van der Waals surface area contributed by atoms with E-state index in [2.05, 4.69) is 6.07 Å². The lowest BCUT2D eigenvalue weighted by Gasteiger charge is -2.45. The number of ether oxygens (including phenoxy) is 2. The Morgan fingerprint density at radius 1 is 1.03 bits per heavy atom. The quantitative estimate of drug-likeness (QED) is 0.730. The summed E-state index contributed by atoms with van der Waals surface area (Å²) in [5.74, 6) is 0.778. The van der Waals surface area contributed by atoms with Gasteiger partial charge < -0.3 is 24.4 Å². The summed E-state index contributed by atoms with van der Waals surface area (Å²) in [5.41, 5.74) is -0.747. The molecular formula is C27H40N2O5. The van der Waals surface area contributed by atoms with Crippen molar-refractivity contribution in [3.8, 4) is 5.75 Å². The molecule has 2 amide bonds. The zero-order valence-corrected chi connectivity index (χ0v) is 20.6. The number of nitrogens with zero attached hydrogens (tertiary/aromatic N) is 2. The Kier molecular flexibility index (Phi) is 8.14. The van der Waals surface area contributed by atoms with E-state index in [0.717, 1.165) is 44.3 Å². The standard InChI is InChI=1S/C27H40N2O5/c1-2-28-16-18-33-23-12-5-4-10-22(23)11-6-9-15-27(25(28)31)21-29(17-19-34-27)24(30)20-26(32)13-7-3-8-14-26/h4-5,10,12,32H,2-3,6-9,11,13-21H2,1H3. The third-order valence-corrected chi connectivity index (χ3v) is 7.73. The Morgan fingerprint density at radius 2 is 1.79 bits per heavy atom. The van der Waals surface area contributed by atoms with Crippen LogP contribution in [0.2, 0.25) is 0 Å². The molecule has 1 aromatic rings. The Balaban J connectivity index is 1.50. The number of fused-ring (bicyclic) bond motifs is 1. The van der Waals surface area contributed by atoms with Crippen molar-refractivity contribution >= 4 is 11.8 Å². The van der Waals surface area contributed by atoms with Gasteiger partial charge in [-0.25, -0.2) is 0 Å². The van der Waals surface area contributed by atoms with Gasteiger partial charge in [0.15, 0.2) is 5.60 Å². The number of morpholine rings is 1. The second-order valence-electron chi connectivity index (χ2n) is 10.2. The first-order valence-corrected chi connectivity index (χ1v) is 13.1.